The number of halogens is 1. The van der Waals surface area contributed by atoms with Gasteiger partial charge >= 0.3 is 0 Å². The van der Waals surface area contributed by atoms with Crippen LogP contribution in [0.15, 0.2) is 47.8 Å². The molecule has 4 nitrogen and oxygen atoms in total. The van der Waals surface area contributed by atoms with Crippen molar-refractivity contribution < 1.29 is 9.18 Å². The monoisotopic (exact) mass is 327 g/mol. The van der Waals surface area contributed by atoms with E-state index in [2.05, 4.69) is 16.3 Å². The minimum Gasteiger partial charge on any atom is -0.329 e. The molecule has 0 aliphatic carbocycles. The second kappa shape index (κ2) is 5.62. The lowest BCUT2D eigenvalue weighted by atomic mass is 10.0. The van der Waals surface area contributed by atoms with Crippen molar-refractivity contribution in [1.29, 1.82) is 0 Å². The number of hydrogen-bond donors (Lipinski definition) is 1. The van der Waals surface area contributed by atoms with E-state index >= 15 is 0 Å². The summed E-state index contributed by atoms with van der Waals surface area (Å²) in [5.41, 5.74) is 1.88. The van der Waals surface area contributed by atoms with Crippen LogP contribution in [0.1, 0.15) is 27.8 Å². The number of likely N-dealkylation sites (tertiary alicyclic amines) is 1. The molecule has 1 fully saturated rings. The number of carbonyl (C=O) groups excluding carboxylic acids is 1. The van der Waals surface area contributed by atoms with E-state index in [1.807, 2.05) is 16.3 Å². The highest BCUT2D eigenvalue weighted by Crippen LogP contribution is 2.36. The number of nitrogens with one attached hydrogen (secondary N) is 1. The number of H-pyrrole nitrogens is 1. The summed E-state index contributed by atoms with van der Waals surface area (Å²) in [7, 11) is 0. The highest BCUT2D eigenvalue weighted by Gasteiger charge is 2.35. The number of rotatable bonds is 3. The molecule has 23 heavy (non-hydrogen) atoms. The topological polar surface area (TPSA) is 49.0 Å². The summed E-state index contributed by atoms with van der Waals surface area (Å²) in [5, 5.41) is 9.00. The van der Waals surface area contributed by atoms with E-state index in [0.717, 1.165) is 18.5 Å². The predicted octanol–water partition coefficient (Wildman–Crippen LogP) is 3.86. The number of carbonyl (C=O) groups is 1. The summed E-state index contributed by atoms with van der Waals surface area (Å²) in [4.78, 5) is 15.7. The van der Waals surface area contributed by atoms with Crippen LogP contribution in [0.5, 0.6) is 0 Å². The van der Waals surface area contributed by atoms with E-state index in [0.29, 0.717) is 11.4 Å². The van der Waals surface area contributed by atoms with Crippen LogP contribution in [-0.4, -0.2) is 27.5 Å². The fraction of sp³-hybridized carbons (Fsp3) is 0.176. The smallest absolute Gasteiger partial charge is 0.272 e. The van der Waals surface area contributed by atoms with Crippen molar-refractivity contribution in [3.63, 3.8) is 0 Å². The van der Waals surface area contributed by atoms with Crippen molar-refractivity contribution in [3.05, 3.63) is 64.2 Å². The lowest BCUT2D eigenvalue weighted by Gasteiger charge is -2.40. The van der Waals surface area contributed by atoms with Crippen molar-refractivity contribution in [2.75, 3.05) is 6.54 Å². The maximum absolute atomic E-state index is 13.0. The van der Waals surface area contributed by atoms with Gasteiger partial charge in [0.15, 0.2) is 0 Å². The Kier molecular flexibility index (Phi) is 3.46. The van der Waals surface area contributed by atoms with Crippen LogP contribution in [0, 0.1) is 5.82 Å². The van der Waals surface area contributed by atoms with E-state index in [4.69, 9.17) is 0 Å². The molecule has 0 bridgehead atoms. The van der Waals surface area contributed by atoms with Crippen molar-refractivity contribution >= 4 is 17.2 Å². The molecule has 6 heteroatoms. The number of aromatic amines is 1. The van der Waals surface area contributed by atoms with Crippen LogP contribution in [0.2, 0.25) is 0 Å². The zero-order valence-corrected chi connectivity index (χ0v) is 13.0. The quantitative estimate of drug-likeness (QED) is 0.794. The second-order valence-electron chi connectivity index (χ2n) is 5.49. The zero-order valence-electron chi connectivity index (χ0n) is 12.2. The van der Waals surface area contributed by atoms with Gasteiger partial charge in [0, 0.05) is 17.0 Å². The summed E-state index contributed by atoms with van der Waals surface area (Å²) >= 11 is 1.67. The molecule has 1 aromatic carbocycles. The van der Waals surface area contributed by atoms with Gasteiger partial charge in [0.05, 0.1) is 11.7 Å². The Bertz CT molecular complexity index is 826. The third kappa shape index (κ3) is 2.55. The fourth-order valence-corrected chi connectivity index (χ4v) is 3.64. The maximum Gasteiger partial charge on any atom is 0.272 e. The Hall–Kier alpha value is -2.47. The van der Waals surface area contributed by atoms with Gasteiger partial charge in [-0.15, -0.1) is 11.3 Å². The molecule has 1 aliphatic heterocycles. The van der Waals surface area contributed by atoms with Crippen molar-refractivity contribution in [1.82, 2.24) is 15.1 Å². The van der Waals surface area contributed by atoms with Gasteiger partial charge in [0.2, 0.25) is 0 Å². The molecule has 1 unspecified atom stereocenters. The third-order valence-corrected chi connectivity index (χ3v) is 5.07. The second-order valence-corrected chi connectivity index (χ2v) is 6.47. The number of benzene rings is 1. The molecule has 2 aromatic heterocycles. The molecule has 1 atom stereocenters. The van der Waals surface area contributed by atoms with Gasteiger partial charge < -0.3 is 4.90 Å². The van der Waals surface area contributed by atoms with Gasteiger partial charge in [-0.1, -0.05) is 6.07 Å². The molecular weight excluding hydrogens is 313 g/mol. The average molecular weight is 327 g/mol. The molecule has 1 N–H and O–H groups in total. The first-order valence-electron chi connectivity index (χ1n) is 7.38. The Labute approximate surface area is 136 Å². The average Bonchev–Trinajstić information content (AvgIpc) is 3.18. The van der Waals surface area contributed by atoms with Gasteiger partial charge in [0.25, 0.3) is 5.91 Å². The van der Waals surface area contributed by atoms with Crippen molar-refractivity contribution in [2.24, 2.45) is 0 Å². The minimum atomic E-state index is -0.292. The molecule has 1 saturated heterocycles. The van der Waals surface area contributed by atoms with Crippen LogP contribution >= 0.6 is 11.3 Å². The molecule has 4 rings (SSSR count). The van der Waals surface area contributed by atoms with E-state index < -0.39 is 0 Å². The van der Waals surface area contributed by atoms with Crippen LogP contribution < -0.4 is 0 Å². The first-order valence-corrected chi connectivity index (χ1v) is 8.26. The predicted molar refractivity (Wildman–Crippen MR) is 86.7 cm³/mol. The first-order chi connectivity index (χ1) is 11.2. The van der Waals surface area contributed by atoms with Gasteiger partial charge in [-0.3, -0.25) is 9.89 Å². The van der Waals surface area contributed by atoms with Gasteiger partial charge in [-0.2, -0.15) is 5.10 Å². The molecule has 0 spiro atoms. The summed E-state index contributed by atoms with van der Waals surface area (Å²) in [6, 6.07) is 12.0. The number of hydrogen-bond acceptors (Lipinski definition) is 3. The molecule has 0 saturated carbocycles. The highest BCUT2D eigenvalue weighted by atomic mass is 32.1. The SMILES string of the molecule is O=C(c1cc(-c2ccc(F)cc2)n[nH]1)N1CCC1c1cccs1. The molecule has 1 amide bonds. The largest absolute Gasteiger partial charge is 0.329 e. The number of amides is 1. The van der Waals surface area contributed by atoms with Gasteiger partial charge in [-0.05, 0) is 48.2 Å². The number of nitrogens with zero attached hydrogens (tertiary/aromatic N) is 2. The van der Waals surface area contributed by atoms with Gasteiger partial charge in [-0.25, -0.2) is 4.39 Å². The van der Waals surface area contributed by atoms with E-state index in [9.17, 15) is 9.18 Å². The van der Waals surface area contributed by atoms with Crippen molar-refractivity contribution in [2.45, 2.75) is 12.5 Å². The van der Waals surface area contributed by atoms with Crippen molar-refractivity contribution in [3.8, 4) is 11.3 Å². The summed E-state index contributed by atoms with van der Waals surface area (Å²) < 4.78 is 13.0. The molecular formula is C17H14FN3OS. The van der Waals surface area contributed by atoms with Crippen LogP contribution in [0.3, 0.4) is 0 Å². The summed E-state index contributed by atoms with van der Waals surface area (Å²) in [5.74, 6) is -0.338. The lowest BCUT2D eigenvalue weighted by molar-refractivity contribution is 0.0461. The Morgan fingerprint density at radius 1 is 1.30 bits per heavy atom. The Morgan fingerprint density at radius 2 is 2.13 bits per heavy atom. The fourth-order valence-electron chi connectivity index (χ4n) is 2.76. The Morgan fingerprint density at radius 3 is 2.78 bits per heavy atom. The van der Waals surface area contributed by atoms with E-state index in [1.54, 1.807) is 29.5 Å². The number of aromatic nitrogens is 2. The standard InChI is InChI=1S/C17H14FN3OS/c18-12-5-3-11(4-6-12)13-10-14(20-19-13)17(22)21-8-7-15(21)16-2-1-9-23-16/h1-6,9-10,15H,7-8H2,(H,19,20). The number of thiophene rings is 1. The molecule has 1 aliphatic rings. The summed E-state index contributed by atoms with van der Waals surface area (Å²) in [6.07, 6.45) is 0.991. The normalized spacial score (nSPS) is 17.1. The van der Waals surface area contributed by atoms with Crippen LogP contribution in [-0.2, 0) is 0 Å². The Balaban J connectivity index is 1.55. The first kappa shape index (κ1) is 14.1. The zero-order chi connectivity index (χ0) is 15.8. The molecule has 0 radical (unpaired) electrons. The summed E-state index contributed by atoms with van der Waals surface area (Å²) in [6.45, 7) is 0.756. The maximum atomic E-state index is 13.0. The molecule has 116 valence electrons. The molecule has 3 heterocycles. The minimum absolute atomic E-state index is 0.0458. The van der Waals surface area contributed by atoms with Crippen LogP contribution in [0.4, 0.5) is 4.39 Å². The van der Waals surface area contributed by atoms with Gasteiger partial charge in [0.1, 0.15) is 11.5 Å². The van der Waals surface area contributed by atoms with E-state index in [1.165, 1.54) is 17.0 Å². The molecule has 3 aromatic rings. The van der Waals surface area contributed by atoms with Crippen LogP contribution in [0.25, 0.3) is 11.3 Å². The third-order valence-electron chi connectivity index (χ3n) is 4.10. The highest BCUT2D eigenvalue weighted by molar-refractivity contribution is 7.10. The lowest BCUT2D eigenvalue weighted by Crippen LogP contribution is -2.44. The van der Waals surface area contributed by atoms with E-state index in [-0.39, 0.29) is 17.8 Å².